The number of hydrogen-bond donors (Lipinski definition) is 0. The SMILES string of the molecule is CCC(C)SCc1ccc(Br)cc1F. The minimum absolute atomic E-state index is 0.116. The Hall–Kier alpha value is -0.0200. The Kier molecular flexibility index (Phi) is 4.96. The van der Waals surface area contributed by atoms with Gasteiger partial charge in [-0.25, -0.2) is 4.39 Å². The lowest BCUT2D eigenvalue weighted by Gasteiger charge is -2.08. The summed E-state index contributed by atoms with van der Waals surface area (Å²) in [4.78, 5) is 0. The Labute approximate surface area is 97.4 Å². The van der Waals surface area contributed by atoms with E-state index < -0.39 is 0 Å². The first-order chi connectivity index (χ1) is 6.63. The van der Waals surface area contributed by atoms with E-state index in [9.17, 15) is 4.39 Å². The minimum atomic E-state index is -0.116. The molecule has 0 heterocycles. The van der Waals surface area contributed by atoms with Gasteiger partial charge in [0.1, 0.15) is 5.82 Å². The summed E-state index contributed by atoms with van der Waals surface area (Å²) in [5, 5.41) is 0.595. The van der Waals surface area contributed by atoms with Crippen molar-refractivity contribution < 1.29 is 4.39 Å². The summed E-state index contributed by atoms with van der Waals surface area (Å²) >= 11 is 5.04. The highest BCUT2D eigenvalue weighted by atomic mass is 79.9. The van der Waals surface area contributed by atoms with Crippen molar-refractivity contribution in [1.29, 1.82) is 0 Å². The van der Waals surface area contributed by atoms with Gasteiger partial charge in [-0.15, -0.1) is 0 Å². The Morgan fingerprint density at radius 2 is 2.21 bits per heavy atom. The third kappa shape index (κ3) is 3.62. The quantitative estimate of drug-likeness (QED) is 0.773. The van der Waals surface area contributed by atoms with Gasteiger partial charge >= 0.3 is 0 Å². The molecule has 1 atom stereocenters. The first-order valence-electron chi connectivity index (χ1n) is 4.69. The van der Waals surface area contributed by atoms with Crippen molar-refractivity contribution in [1.82, 2.24) is 0 Å². The van der Waals surface area contributed by atoms with E-state index in [4.69, 9.17) is 0 Å². The Bertz CT molecular complexity index is 301. The van der Waals surface area contributed by atoms with E-state index >= 15 is 0 Å². The molecule has 0 aliphatic carbocycles. The number of rotatable bonds is 4. The molecule has 0 aliphatic rings. The maximum absolute atomic E-state index is 13.4. The fourth-order valence-corrected chi connectivity index (χ4v) is 2.26. The highest BCUT2D eigenvalue weighted by molar-refractivity contribution is 9.10. The largest absolute Gasteiger partial charge is 0.207 e. The van der Waals surface area contributed by atoms with Crippen LogP contribution >= 0.6 is 27.7 Å². The molecule has 0 radical (unpaired) electrons. The van der Waals surface area contributed by atoms with Crippen LogP contribution in [-0.2, 0) is 5.75 Å². The zero-order chi connectivity index (χ0) is 10.6. The highest BCUT2D eigenvalue weighted by Gasteiger charge is 2.05. The molecular formula is C11H14BrFS. The van der Waals surface area contributed by atoms with Crippen LogP contribution in [0.25, 0.3) is 0 Å². The van der Waals surface area contributed by atoms with E-state index in [2.05, 4.69) is 29.8 Å². The summed E-state index contributed by atoms with van der Waals surface area (Å²) in [5.41, 5.74) is 0.790. The van der Waals surface area contributed by atoms with Gasteiger partial charge in [0, 0.05) is 15.5 Å². The van der Waals surface area contributed by atoms with Crippen LogP contribution in [0.15, 0.2) is 22.7 Å². The summed E-state index contributed by atoms with van der Waals surface area (Å²) in [6.07, 6.45) is 1.13. The highest BCUT2D eigenvalue weighted by Crippen LogP contribution is 2.23. The number of benzene rings is 1. The smallest absolute Gasteiger partial charge is 0.128 e. The monoisotopic (exact) mass is 276 g/mol. The molecule has 0 N–H and O–H groups in total. The van der Waals surface area contributed by atoms with E-state index in [1.54, 1.807) is 11.8 Å². The molecule has 14 heavy (non-hydrogen) atoms. The normalized spacial score (nSPS) is 12.9. The van der Waals surface area contributed by atoms with Crippen LogP contribution < -0.4 is 0 Å². The van der Waals surface area contributed by atoms with Gasteiger partial charge in [-0.2, -0.15) is 11.8 Å². The molecule has 3 heteroatoms. The molecule has 0 saturated carbocycles. The molecule has 78 valence electrons. The average Bonchev–Trinajstić information content (AvgIpc) is 2.16. The Morgan fingerprint density at radius 1 is 1.50 bits per heavy atom. The number of halogens is 2. The van der Waals surface area contributed by atoms with E-state index in [0.717, 1.165) is 22.2 Å². The summed E-state index contributed by atoms with van der Waals surface area (Å²) in [6.45, 7) is 4.32. The maximum Gasteiger partial charge on any atom is 0.128 e. The second-order valence-corrected chi connectivity index (χ2v) is 5.61. The summed E-state index contributed by atoms with van der Waals surface area (Å²) in [5.74, 6) is 0.642. The van der Waals surface area contributed by atoms with Gasteiger partial charge in [0.2, 0.25) is 0 Å². The molecule has 0 bridgehead atoms. The molecule has 1 aromatic carbocycles. The average molecular weight is 277 g/mol. The minimum Gasteiger partial charge on any atom is -0.207 e. The van der Waals surface area contributed by atoms with E-state index in [1.165, 1.54) is 6.07 Å². The standard InChI is InChI=1S/C11H14BrFS/c1-3-8(2)14-7-9-4-5-10(12)6-11(9)13/h4-6,8H,3,7H2,1-2H3. The lowest BCUT2D eigenvalue weighted by molar-refractivity contribution is 0.616. The molecule has 0 aliphatic heterocycles. The molecular weight excluding hydrogens is 263 g/mol. The Morgan fingerprint density at radius 3 is 2.79 bits per heavy atom. The van der Waals surface area contributed by atoms with Crippen molar-refractivity contribution in [3.63, 3.8) is 0 Å². The van der Waals surface area contributed by atoms with Crippen LogP contribution in [0.1, 0.15) is 25.8 Å². The number of thioether (sulfide) groups is 1. The van der Waals surface area contributed by atoms with E-state index in [-0.39, 0.29) is 5.82 Å². The second kappa shape index (κ2) is 5.76. The van der Waals surface area contributed by atoms with Gasteiger partial charge in [0.15, 0.2) is 0 Å². The number of hydrogen-bond acceptors (Lipinski definition) is 1. The van der Waals surface area contributed by atoms with Crippen molar-refractivity contribution in [2.75, 3.05) is 0 Å². The lowest BCUT2D eigenvalue weighted by atomic mass is 10.2. The Balaban J connectivity index is 2.59. The summed E-state index contributed by atoms with van der Waals surface area (Å²) in [6, 6.07) is 5.25. The summed E-state index contributed by atoms with van der Waals surface area (Å²) in [7, 11) is 0. The predicted octanol–water partition coefficient (Wildman–Crippen LogP) is 4.62. The van der Waals surface area contributed by atoms with Crippen molar-refractivity contribution in [2.45, 2.75) is 31.3 Å². The molecule has 0 amide bonds. The second-order valence-electron chi connectivity index (χ2n) is 3.27. The zero-order valence-corrected chi connectivity index (χ0v) is 10.8. The molecule has 0 nitrogen and oxygen atoms in total. The van der Waals surface area contributed by atoms with Gasteiger partial charge in [0.05, 0.1) is 0 Å². The van der Waals surface area contributed by atoms with Gasteiger partial charge in [-0.1, -0.05) is 35.8 Å². The topological polar surface area (TPSA) is 0 Å². The molecule has 0 fully saturated rings. The van der Waals surface area contributed by atoms with Crippen LogP contribution in [0.4, 0.5) is 4.39 Å². The molecule has 1 rings (SSSR count). The van der Waals surface area contributed by atoms with Gasteiger partial charge < -0.3 is 0 Å². The van der Waals surface area contributed by atoms with Crippen LogP contribution in [-0.4, -0.2) is 5.25 Å². The molecule has 0 saturated heterocycles. The lowest BCUT2D eigenvalue weighted by Crippen LogP contribution is -1.95. The molecule has 1 unspecified atom stereocenters. The molecule has 0 spiro atoms. The maximum atomic E-state index is 13.4. The van der Waals surface area contributed by atoms with Crippen molar-refractivity contribution in [3.8, 4) is 0 Å². The fourth-order valence-electron chi connectivity index (χ4n) is 0.989. The van der Waals surface area contributed by atoms with Crippen molar-refractivity contribution in [2.24, 2.45) is 0 Å². The van der Waals surface area contributed by atoms with Crippen molar-refractivity contribution >= 4 is 27.7 Å². The van der Waals surface area contributed by atoms with Crippen LogP contribution in [0.2, 0.25) is 0 Å². The third-order valence-electron chi connectivity index (χ3n) is 2.11. The first kappa shape index (κ1) is 12.1. The zero-order valence-electron chi connectivity index (χ0n) is 8.39. The third-order valence-corrected chi connectivity index (χ3v) is 3.99. The fraction of sp³-hybridized carbons (Fsp3) is 0.455. The van der Waals surface area contributed by atoms with Crippen LogP contribution in [0.3, 0.4) is 0 Å². The van der Waals surface area contributed by atoms with Crippen LogP contribution in [0.5, 0.6) is 0 Å². The van der Waals surface area contributed by atoms with Gasteiger partial charge in [-0.3, -0.25) is 0 Å². The van der Waals surface area contributed by atoms with Gasteiger partial charge in [0.25, 0.3) is 0 Å². The van der Waals surface area contributed by atoms with Crippen LogP contribution in [0, 0.1) is 5.82 Å². The van der Waals surface area contributed by atoms with E-state index in [0.29, 0.717) is 5.25 Å². The van der Waals surface area contributed by atoms with Crippen molar-refractivity contribution in [3.05, 3.63) is 34.1 Å². The van der Waals surface area contributed by atoms with E-state index in [1.807, 2.05) is 12.1 Å². The predicted molar refractivity (Wildman–Crippen MR) is 65.1 cm³/mol. The molecule has 1 aromatic rings. The molecule has 0 aromatic heterocycles. The first-order valence-corrected chi connectivity index (χ1v) is 6.53. The summed E-state index contributed by atoms with van der Waals surface area (Å²) < 4.78 is 14.2. The van der Waals surface area contributed by atoms with Gasteiger partial charge in [-0.05, 0) is 24.1 Å².